The molecule has 0 amide bonds. The highest BCUT2D eigenvalue weighted by Crippen LogP contribution is 2.32. The molecular weight excluding hydrogens is 555 g/mol. The number of furan rings is 1. The molecule has 1 aliphatic carbocycles. The average molecular weight is 583 g/mol. The first kappa shape index (κ1) is 27.8. The van der Waals surface area contributed by atoms with Gasteiger partial charge in [-0.05, 0) is 60.5 Å². The van der Waals surface area contributed by atoms with Crippen LogP contribution in [-0.2, 0) is 27.7 Å². The van der Waals surface area contributed by atoms with Crippen LogP contribution in [0.5, 0.6) is 0 Å². The van der Waals surface area contributed by atoms with Crippen LogP contribution >= 0.6 is 11.6 Å². The number of hydrogen-bond donors (Lipinski definition) is 2. The molecule has 0 spiro atoms. The molecule has 0 unspecified atom stereocenters. The molecule has 0 atom stereocenters. The van der Waals surface area contributed by atoms with Crippen LogP contribution in [0.1, 0.15) is 24.2 Å². The number of benzene rings is 2. The summed E-state index contributed by atoms with van der Waals surface area (Å²) in [4.78, 5) is 8.85. The average Bonchev–Trinajstić information content (AvgIpc) is 3.39. The molecule has 0 radical (unpaired) electrons. The molecule has 2 heterocycles. The monoisotopic (exact) mass is 582 g/mol. The van der Waals surface area contributed by atoms with E-state index in [1.54, 1.807) is 12.1 Å². The Hall–Kier alpha value is -3.73. The number of sulfone groups is 1. The molecule has 40 heavy (non-hydrogen) atoms. The van der Waals surface area contributed by atoms with Crippen LogP contribution in [-0.4, -0.2) is 36.9 Å². The molecule has 0 fully saturated rings. The van der Waals surface area contributed by atoms with E-state index in [4.69, 9.17) is 20.8 Å². The second kappa shape index (κ2) is 12.2. The summed E-state index contributed by atoms with van der Waals surface area (Å²) in [6.07, 6.45) is 5.79. The van der Waals surface area contributed by atoms with E-state index in [2.05, 4.69) is 20.6 Å². The van der Waals surface area contributed by atoms with Crippen molar-refractivity contribution in [2.24, 2.45) is 0 Å². The van der Waals surface area contributed by atoms with E-state index >= 15 is 0 Å². The van der Waals surface area contributed by atoms with Crippen molar-refractivity contribution < 1.29 is 22.0 Å². The molecule has 11 heteroatoms. The molecule has 2 N–H and O–H groups in total. The molecule has 2 aromatic carbocycles. The molecule has 2 aromatic heterocycles. The van der Waals surface area contributed by atoms with E-state index in [-0.39, 0.29) is 18.2 Å². The maximum atomic E-state index is 13.4. The lowest BCUT2D eigenvalue weighted by atomic mass is 10.1. The third-order valence-electron chi connectivity index (χ3n) is 6.30. The van der Waals surface area contributed by atoms with E-state index in [0.717, 1.165) is 27.7 Å². The van der Waals surface area contributed by atoms with Crippen molar-refractivity contribution in [3.05, 3.63) is 101 Å². The SMILES string of the molecule is CS(=O)(=O)CCNCc1ccc(-c2ccc3ncnc(NC4=CC(Cl)=C(OCc5cccc(F)c5)CC4)c3c2)o1. The van der Waals surface area contributed by atoms with Crippen LogP contribution < -0.4 is 10.6 Å². The van der Waals surface area contributed by atoms with Crippen LogP contribution in [0.2, 0.25) is 0 Å². The lowest BCUT2D eigenvalue weighted by Crippen LogP contribution is -2.21. The molecule has 1 aliphatic rings. The van der Waals surface area contributed by atoms with Gasteiger partial charge in [-0.25, -0.2) is 22.8 Å². The summed E-state index contributed by atoms with van der Waals surface area (Å²) >= 11 is 6.52. The first-order valence-electron chi connectivity index (χ1n) is 12.7. The quantitative estimate of drug-likeness (QED) is 0.210. The first-order chi connectivity index (χ1) is 19.2. The normalized spacial score (nSPS) is 13.9. The Morgan fingerprint density at radius 3 is 2.77 bits per heavy atom. The minimum atomic E-state index is -3.01. The molecule has 208 valence electrons. The van der Waals surface area contributed by atoms with Gasteiger partial charge in [-0.2, -0.15) is 0 Å². The molecule has 5 rings (SSSR count). The van der Waals surface area contributed by atoms with Crippen LogP contribution in [0.25, 0.3) is 22.2 Å². The van der Waals surface area contributed by atoms with Crippen molar-refractivity contribution in [3.63, 3.8) is 0 Å². The molecule has 8 nitrogen and oxygen atoms in total. The van der Waals surface area contributed by atoms with Crippen molar-refractivity contribution in [1.29, 1.82) is 0 Å². The highest BCUT2D eigenvalue weighted by molar-refractivity contribution is 7.90. The number of fused-ring (bicyclic) bond motifs is 1. The first-order valence-corrected chi connectivity index (χ1v) is 15.1. The van der Waals surface area contributed by atoms with Gasteiger partial charge in [0.15, 0.2) is 0 Å². The number of hydrogen-bond acceptors (Lipinski definition) is 8. The van der Waals surface area contributed by atoms with E-state index in [0.29, 0.717) is 54.1 Å². The van der Waals surface area contributed by atoms with Gasteiger partial charge in [-0.1, -0.05) is 23.7 Å². The topological polar surface area (TPSA) is 106 Å². The molecule has 0 saturated carbocycles. The maximum Gasteiger partial charge on any atom is 0.148 e. The highest BCUT2D eigenvalue weighted by Gasteiger charge is 2.16. The Labute approximate surface area is 236 Å². The van der Waals surface area contributed by atoms with E-state index < -0.39 is 9.84 Å². The molecule has 0 bridgehead atoms. The van der Waals surface area contributed by atoms with E-state index in [9.17, 15) is 12.8 Å². The number of halogens is 2. The number of rotatable bonds is 11. The fourth-order valence-electron chi connectivity index (χ4n) is 4.27. The van der Waals surface area contributed by atoms with Crippen molar-refractivity contribution in [2.75, 3.05) is 23.9 Å². The fraction of sp³-hybridized carbons (Fsp3) is 0.241. The third-order valence-corrected chi connectivity index (χ3v) is 7.57. The summed E-state index contributed by atoms with van der Waals surface area (Å²) in [5, 5.41) is 7.77. The third kappa shape index (κ3) is 7.26. The minimum absolute atomic E-state index is 0.0711. The zero-order valence-corrected chi connectivity index (χ0v) is 23.4. The number of aromatic nitrogens is 2. The maximum absolute atomic E-state index is 13.4. The number of ether oxygens (including phenoxy) is 1. The molecule has 0 aliphatic heterocycles. The predicted molar refractivity (Wildman–Crippen MR) is 154 cm³/mol. The smallest absolute Gasteiger partial charge is 0.148 e. The Balaban J connectivity index is 1.28. The number of allylic oxidation sites excluding steroid dienone is 4. The van der Waals surface area contributed by atoms with Crippen molar-refractivity contribution >= 4 is 38.2 Å². The summed E-state index contributed by atoms with van der Waals surface area (Å²) in [5.41, 5.74) is 3.25. The lowest BCUT2D eigenvalue weighted by molar-refractivity contribution is 0.186. The summed E-state index contributed by atoms with van der Waals surface area (Å²) in [5.74, 6) is 2.45. The second-order valence-corrected chi connectivity index (χ2v) is 12.2. The summed E-state index contributed by atoms with van der Waals surface area (Å²) in [7, 11) is -3.01. The van der Waals surface area contributed by atoms with Crippen LogP contribution in [0.4, 0.5) is 10.2 Å². The lowest BCUT2D eigenvalue weighted by Gasteiger charge is -2.19. The number of anilines is 1. The summed E-state index contributed by atoms with van der Waals surface area (Å²) in [6.45, 7) is 1.02. The Morgan fingerprint density at radius 1 is 1.10 bits per heavy atom. The van der Waals surface area contributed by atoms with Gasteiger partial charge in [-0.3, -0.25) is 0 Å². The van der Waals surface area contributed by atoms with Gasteiger partial charge in [0.1, 0.15) is 51.7 Å². The fourth-order valence-corrected chi connectivity index (χ4v) is 5.06. The zero-order valence-electron chi connectivity index (χ0n) is 21.8. The Morgan fingerprint density at radius 2 is 1.98 bits per heavy atom. The highest BCUT2D eigenvalue weighted by atomic mass is 35.5. The van der Waals surface area contributed by atoms with Gasteiger partial charge >= 0.3 is 0 Å². The predicted octanol–water partition coefficient (Wildman–Crippen LogP) is 5.92. The van der Waals surface area contributed by atoms with E-state index in [1.165, 1.54) is 24.7 Å². The second-order valence-electron chi connectivity index (χ2n) is 9.51. The van der Waals surface area contributed by atoms with Crippen LogP contribution in [0, 0.1) is 5.82 Å². The van der Waals surface area contributed by atoms with Crippen molar-refractivity contribution in [2.45, 2.75) is 26.0 Å². The van der Waals surface area contributed by atoms with Gasteiger partial charge in [0.25, 0.3) is 0 Å². The number of nitrogens with zero attached hydrogens (tertiary/aromatic N) is 2. The van der Waals surface area contributed by atoms with Gasteiger partial charge in [-0.15, -0.1) is 0 Å². The van der Waals surface area contributed by atoms with Crippen LogP contribution in [0.15, 0.2) is 87.9 Å². The minimum Gasteiger partial charge on any atom is -0.492 e. The standard InChI is InChI=1S/C29H28ClFN4O4S/c1-40(36,37)12-11-32-16-23-7-10-27(39-23)20-5-8-26-24(14-20)29(34-18-33-26)35-22-6-9-28(25(30)15-22)38-17-19-3-2-4-21(31)13-19/h2-5,7-8,10,13-15,18,32H,6,9,11-12,16-17H2,1H3,(H,33,34,35). The Kier molecular flexibility index (Phi) is 8.49. The van der Waals surface area contributed by atoms with Gasteiger partial charge in [0.2, 0.25) is 0 Å². The van der Waals surface area contributed by atoms with Gasteiger partial charge < -0.3 is 19.8 Å². The molecule has 4 aromatic rings. The number of nitrogens with one attached hydrogen (secondary N) is 2. The van der Waals surface area contributed by atoms with Gasteiger partial charge in [0, 0.05) is 35.9 Å². The van der Waals surface area contributed by atoms with Crippen molar-refractivity contribution in [1.82, 2.24) is 15.3 Å². The molecule has 0 saturated heterocycles. The van der Waals surface area contributed by atoms with Crippen LogP contribution in [0.3, 0.4) is 0 Å². The largest absolute Gasteiger partial charge is 0.492 e. The Bertz CT molecular complexity index is 1700. The zero-order chi connectivity index (χ0) is 28.1. The van der Waals surface area contributed by atoms with Gasteiger partial charge in [0.05, 0.1) is 22.8 Å². The summed E-state index contributed by atoms with van der Waals surface area (Å²) < 4.78 is 47.9. The van der Waals surface area contributed by atoms with Crippen molar-refractivity contribution in [3.8, 4) is 11.3 Å². The van der Waals surface area contributed by atoms with E-state index in [1.807, 2.05) is 36.4 Å². The molecular formula is C29H28ClFN4O4S. The summed E-state index contributed by atoms with van der Waals surface area (Å²) in [6, 6.07) is 15.8.